The van der Waals surface area contributed by atoms with E-state index in [0.29, 0.717) is 18.8 Å². The van der Waals surface area contributed by atoms with E-state index in [1.165, 1.54) is 0 Å². The molecule has 0 atom stereocenters. The summed E-state index contributed by atoms with van der Waals surface area (Å²) in [5.41, 5.74) is 5.15. The summed E-state index contributed by atoms with van der Waals surface area (Å²) in [4.78, 5) is 3.42. The zero-order valence-electron chi connectivity index (χ0n) is 11.5. The zero-order chi connectivity index (χ0) is 14.8. The quantitative estimate of drug-likeness (QED) is 0.880. The number of sulfonamides is 1. The maximum absolute atomic E-state index is 13.1. The summed E-state index contributed by atoms with van der Waals surface area (Å²) in [6.45, 7) is 2.38. The lowest BCUT2D eigenvalue weighted by atomic mass is 9.78. The summed E-state index contributed by atoms with van der Waals surface area (Å²) < 4.78 is 40.4. The number of nitrogens with two attached hydrogens (primary N) is 1. The van der Waals surface area contributed by atoms with E-state index in [0.717, 1.165) is 31.3 Å². The van der Waals surface area contributed by atoms with Crippen LogP contribution in [0, 0.1) is 11.7 Å². The minimum absolute atomic E-state index is 0.163. The first-order chi connectivity index (χ1) is 9.37. The molecule has 1 saturated carbocycles. The molecule has 0 aliphatic heterocycles. The second kappa shape index (κ2) is 5.75. The van der Waals surface area contributed by atoms with Crippen molar-refractivity contribution < 1.29 is 12.8 Å². The van der Waals surface area contributed by atoms with Crippen molar-refractivity contribution >= 4 is 10.0 Å². The van der Waals surface area contributed by atoms with Crippen molar-refractivity contribution in [1.82, 2.24) is 9.71 Å². The molecule has 1 aliphatic carbocycles. The lowest BCUT2D eigenvalue weighted by Gasteiger charge is -2.38. The molecule has 5 nitrogen and oxygen atoms in total. The van der Waals surface area contributed by atoms with E-state index in [4.69, 9.17) is 5.73 Å². The molecule has 1 heterocycles. The predicted octanol–water partition coefficient (Wildman–Crippen LogP) is 1.41. The normalized spacial score (nSPS) is 27.4. The van der Waals surface area contributed by atoms with Crippen molar-refractivity contribution in [3.63, 3.8) is 0 Å². The van der Waals surface area contributed by atoms with Crippen LogP contribution in [0.25, 0.3) is 0 Å². The van der Waals surface area contributed by atoms with Gasteiger partial charge in [0.15, 0.2) is 0 Å². The van der Waals surface area contributed by atoms with Crippen molar-refractivity contribution in [1.29, 1.82) is 0 Å². The molecule has 0 bridgehead atoms. The molecule has 0 aromatic carbocycles. The molecule has 1 aliphatic rings. The number of hydrogen-bond acceptors (Lipinski definition) is 4. The van der Waals surface area contributed by atoms with Crippen LogP contribution in [0.2, 0.25) is 0 Å². The summed E-state index contributed by atoms with van der Waals surface area (Å²) in [5.74, 6) is -0.0954. The van der Waals surface area contributed by atoms with Crippen LogP contribution in [0.4, 0.5) is 4.39 Å². The zero-order valence-corrected chi connectivity index (χ0v) is 12.3. The second-order valence-electron chi connectivity index (χ2n) is 5.61. The predicted molar refractivity (Wildman–Crippen MR) is 73.9 cm³/mol. The highest BCUT2D eigenvalue weighted by Gasteiger charge is 2.37. The van der Waals surface area contributed by atoms with Crippen LogP contribution >= 0.6 is 0 Å². The fraction of sp³-hybridized carbons (Fsp3) is 0.615. The maximum atomic E-state index is 13.1. The van der Waals surface area contributed by atoms with E-state index in [2.05, 4.69) is 16.6 Å². The third-order valence-corrected chi connectivity index (χ3v) is 5.51. The van der Waals surface area contributed by atoms with Crippen LogP contribution in [-0.4, -0.2) is 25.5 Å². The number of hydrogen-bond donors (Lipinski definition) is 2. The summed E-state index contributed by atoms with van der Waals surface area (Å²) >= 11 is 0. The number of halogens is 1. The molecule has 0 amide bonds. The van der Waals surface area contributed by atoms with Gasteiger partial charge in [-0.25, -0.2) is 17.5 Å². The van der Waals surface area contributed by atoms with E-state index in [9.17, 15) is 12.8 Å². The van der Waals surface area contributed by atoms with Crippen molar-refractivity contribution in [2.24, 2.45) is 11.7 Å². The molecule has 112 valence electrons. The van der Waals surface area contributed by atoms with Crippen LogP contribution in [0.15, 0.2) is 23.4 Å². The monoisotopic (exact) mass is 301 g/mol. The first-order valence-corrected chi connectivity index (χ1v) is 8.20. The lowest BCUT2D eigenvalue weighted by Crippen LogP contribution is -2.55. The van der Waals surface area contributed by atoms with Gasteiger partial charge in [0, 0.05) is 18.3 Å². The highest BCUT2D eigenvalue weighted by Crippen LogP contribution is 2.32. The Morgan fingerprint density at radius 2 is 2.10 bits per heavy atom. The topological polar surface area (TPSA) is 85.1 Å². The Morgan fingerprint density at radius 3 is 2.65 bits per heavy atom. The minimum Gasteiger partial charge on any atom is -0.329 e. The van der Waals surface area contributed by atoms with Gasteiger partial charge in [-0.3, -0.25) is 4.98 Å². The Bertz CT molecular complexity index is 569. The number of aromatic nitrogens is 1. The second-order valence-corrected chi connectivity index (χ2v) is 7.29. The molecule has 7 heteroatoms. The van der Waals surface area contributed by atoms with Gasteiger partial charge in [0.1, 0.15) is 10.7 Å². The third kappa shape index (κ3) is 3.34. The van der Waals surface area contributed by atoms with Gasteiger partial charge in [0.25, 0.3) is 0 Å². The van der Waals surface area contributed by atoms with Gasteiger partial charge < -0.3 is 5.73 Å². The van der Waals surface area contributed by atoms with E-state index < -0.39 is 21.4 Å². The molecule has 2 rings (SSSR count). The van der Waals surface area contributed by atoms with Gasteiger partial charge in [0.2, 0.25) is 10.0 Å². The standard InChI is InChI=1S/C13H20FN3O2S/c1-10-2-4-13(9-15,5-3-10)17-20(18,19)12-6-11(14)7-16-8-12/h6-8,10,17H,2-5,9,15H2,1H3. The molecule has 0 spiro atoms. The van der Waals surface area contributed by atoms with Gasteiger partial charge >= 0.3 is 0 Å². The first-order valence-electron chi connectivity index (χ1n) is 6.71. The highest BCUT2D eigenvalue weighted by molar-refractivity contribution is 7.89. The summed E-state index contributed by atoms with van der Waals surface area (Å²) in [5, 5.41) is 0. The third-order valence-electron chi connectivity index (χ3n) is 3.96. The first kappa shape index (κ1) is 15.3. The molecule has 0 radical (unpaired) electrons. The molecule has 0 unspecified atom stereocenters. The minimum atomic E-state index is -3.80. The average Bonchev–Trinajstić information content (AvgIpc) is 2.41. The van der Waals surface area contributed by atoms with Crippen LogP contribution < -0.4 is 10.5 Å². The highest BCUT2D eigenvalue weighted by atomic mass is 32.2. The summed E-state index contributed by atoms with van der Waals surface area (Å²) in [6.07, 6.45) is 5.38. The van der Waals surface area contributed by atoms with Gasteiger partial charge in [0.05, 0.1) is 6.20 Å². The molecular weight excluding hydrogens is 281 g/mol. The SMILES string of the molecule is CC1CCC(CN)(NS(=O)(=O)c2cncc(F)c2)CC1. The number of pyridine rings is 1. The van der Waals surface area contributed by atoms with E-state index in [-0.39, 0.29) is 11.4 Å². The average molecular weight is 301 g/mol. The van der Waals surface area contributed by atoms with E-state index in [1.54, 1.807) is 0 Å². The summed E-state index contributed by atoms with van der Waals surface area (Å²) in [7, 11) is -3.80. The van der Waals surface area contributed by atoms with Crippen molar-refractivity contribution in [3.8, 4) is 0 Å². The smallest absolute Gasteiger partial charge is 0.242 e. The lowest BCUT2D eigenvalue weighted by molar-refractivity contribution is 0.231. The molecule has 1 aromatic rings. The molecule has 1 aromatic heterocycles. The Kier molecular flexibility index (Phi) is 4.41. The van der Waals surface area contributed by atoms with Crippen LogP contribution in [0.5, 0.6) is 0 Å². The molecule has 1 fully saturated rings. The fourth-order valence-electron chi connectivity index (χ4n) is 2.55. The molecule has 20 heavy (non-hydrogen) atoms. The number of nitrogens with zero attached hydrogens (tertiary/aromatic N) is 1. The van der Waals surface area contributed by atoms with E-state index in [1.807, 2.05) is 0 Å². The van der Waals surface area contributed by atoms with Gasteiger partial charge in [-0.15, -0.1) is 0 Å². The fourth-order valence-corrected chi connectivity index (χ4v) is 3.99. The molecular formula is C13H20FN3O2S. The Balaban J connectivity index is 2.22. The Hall–Kier alpha value is -1.05. The molecule has 0 saturated heterocycles. The van der Waals surface area contributed by atoms with Gasteiger partial charge in [-0.2, -0.15) is 0 Å². The van der Waals surface area contributed by atoms with Crippen LogP contribution in [0.1, 0.15) is 32.6 Å². The van der Waals surface area contributed by atoms with Crippen LogP contribution in [0.3, 0.4) is 0 Å². The Morgan fingerprint density at radius 1 is 1.45 bits per heavy atom. The van der Waals surface area contributed by atoms with Gasteiger partial charge in [-0.1, -0.05) is 6.92 Å². The van der Waals surface area contributed by atoms with Gasteiger partial charge in [-0.05, 0) is 37.7 Å². The van der Waals surface area contributed by atoms with Crippen LogP contribution in [-0.2, 0) is 10.0 Å². The Labute approximate surface area is 118 Å². The number of rotatable bonds is 4. The van der Waals surface area contributed by atoms with Crippen molar-refractivity contribution in [2.45, 2.75) is 43.0 Å². The van der Waals surface area contributed by atoms with Crippen molar-refractivity contribution in [3.05, 3.63) is 24.3 Å². The largest absolute Gasteiger partial charge is 0.329 e. The summed E-state index contributed by atoms with van der Waals surface area (Å²) in [6, 6.07) is 0.963. The van der Waals surface area contributed by atoms with E-state index >= 15 is 0 Å². The maximum Gasteiger partial charge on any atom is 0.242 e. The molecule has 3 N–H and O–H groups in total. The van der Waals surface area contributed by atoms with Crippen molar-refractivity contribution in [2.75, 3.05) is 6.54 Å². The number of nitrogens with one attached hydrogen (secondary N) is 1.